The van der Waals surface area contributed by atoms with Crippen LogP contribution >= 0.6 is 0 Å². The van der Waals surface area contributed by atoms with Gasteiger partial charge in [0.05, 0.1) is 44.5 Å². The third kappa shape index (κ3) is 5.44. The van der Waals surface area contributed by atoms with Gasteiger partial charge in [-0.25, -0.2) is 15.0 Å². The van der Waals surface area contributed by atoms with E-state index < -0.39 is 0 Å². The van der Waals surface area contributed by atoms with E-state index in [1.54, 1.807) is 0 Å². The molecule has 3 aromatic heterocycles. The summed E-state index contributed by atoms with van der Waals surface area (Å²) >= 11 is 0. The summed E-state index contributed by atoms with van der Waals surface area (Å²) in [6.07, 6.45) is 5.50. The van der Waals surface area contributed by atoms with E-state index in [2.05, 4.69) is 193 Å². The molecule has 0 aliphatic heterocycles. The summed E-state index contributed by atoms with van der Waals surface area (Å²) in [4.78, 5) is 16.2. The molecule has 6 heteroatoms. The number of hydrogen-bond acceptors (Lipinski definition) is 3. The number of aryl methyl sites for hydroxylation is 2. The molecule has 55 heavy (non-hydrogen) atoms. The van der Waals surface area contributed by atoms with Gasteiger partial charge in [0.2, 0.25) is 0 Å². The van der Waals surface area contributed by atoms with E-state index in [1.165, 1.54) is 22.4 Å². The Morgan fingerprint density at radius 2 is 0.855 bits per heavy atom. The highest BCUT2D eigenvalue weighted by molar-refractivity contribution is 5.91. The van der Waals surface area contributed by atoms with Gasteiger partial charge in [0, 0.05) is 22.4 Å². The van der Waals surface area contributed by atoms with Crippen LogP contribution in [-0.2, 0) is 0 Å². The number of aromatic nitrogens is 6. The van der Waals surface area contributed by atoms with Crippen molar-refractivity contribution in [1.82, 2.24) is 28.7 Å². The Morgan fingerprint density at radius 3 is 1.31 bits per heavy atom. The second-order valence-corrected chi connectivity index (χ2v) is 14.8. The summed E-state index contributed by atoms with van der Waals surface area (Å²) in [5.41, 5.74) is 16.1. The molecule has 1 aliphatic rings. The van der Waals surface area contributed by atoms with Gasteiger partial charge in [-0.1, -0.05) is 91.9 Å². The van der Waals surface area contributed by atoms with Crippen LogP contribution in [0.25, 0.3) is 84.3 Å². The van der Waals surface area contributed by atoms with Crippen LogP contribution in [-0.4, -0.2) is 28.7 Å². The predicted molar refractivity (Wildman–Crippen MR) is 227 cm³/mol. The first-order valence-electron chi connectivity index (χ1n) is 19.0. The maximum Gasteiger partial charge on any atom is 0.145 e. The number of hydrogen-bond donors (Lipinski definition) is 0. The first kappa shape index (κ1) is 32.8. The Labute approximate surface area is 320 Å². The first-order chi connectivity index (χ1) is 26.9. The second kappa shape index (κ2) is 13.0. The predicted octanol–water partition coefficient (Wildman–Crippen LogP) is 12.2. The standard InChI is InChI=1S/C49H40N6/c1-31-25-26-34(4)46(27-31)55-45-24-14-9-19-40(45)52-49(55)37-29-35(47-50-38-17-7-12-22-43(38)53(47)41-20-10-5-15-32(41)2)28-36(30-37)48-51-39-18-8-13-23-44(39)54(48)42-21-11-6-16-33(42)3/h5-26,28-31H,27H2,1-4H3. The molecule has 9 aromatic rings. The highest BCUT2D eigenvalue weighted by atomic mass is 15.1. The number of benzene rings is 6. The van der Waals surface area contributed by atoms with Crippen LogP contribution in [0, 0.1) is 19.8 Å². The molecule has 0 radical (unpaired) electrons. The molecule has 3 heterocycles. The van der Waals surface area contributed by atoms with E-state index in [9.17, 15) is 0 Å². The van der Waals surface area contributed by atoms with Crippen molar-refractivity contribution in [2.24, 2.45) is 5.92 Å². The Bertz CT molecular complexity index is 2880. The normalized spacial score (nSPS) is 14.5. The van der Waals surface area contributed by atoms with Crippen LogP contribution in [0.2, 0.25) is 0 Å². The lowest BCUT2D eigenvalue weighted by Gasteiger charge is -2.22. The Kier molecular flexibility index (Phi) is 7.73. The minimum atomic E-state index is 0.414. The average Bonchev–Trinajstić information content (AvgIpc) is 3.91. The van der Waals surface area contributed by atoms with Crippen molar-refractivity contribution in [3.63, 3.8) is 0 Å². The zero-order valence-electron chi connectivity index (χ0n) is 31.4. The number of fused-ring (bicyclic) bond motifs is 3. The highest BCUT2D eigenvalue weighted by Gasteiger charge is 2.25. The Morgan fingerprint density at radius 1 is 0.473 bits per heavy atom. The van der Waals surface area contributed by atoms with Crippen molar-refractivity contribution < 1.29 is 0 Å². The molecule has 6 nitrogen and oxygen atoms in total. The van der Waals surface area contributed by atoms with Gasteiger partial charge in [-0.15, -0.1) is 0 Å². The van der Waals surface area contributed by atoms with Gasteiger partial charge < -0.3 is 0 Å². The lowest BCUT2D eigenvalue weighted by atomic mass is 9.95. The maximum atomic E-state index is 5.41. The fourth-order valence-electron chi connectivity index (χ4n) is 8.27. The second-order valence-electron chi connectivity index (χ2n) is 14.8. The van der Waals surface area contributed by atoms with Crippen molar-refractivity contribution in [3.8, 4) is 45.5 Å². The van der Waals surface area contributed by atoms with Crippen LogP contribution < -0.4 is 0 Å². The molecular formula is C49H40N6. The molecule has 0 bridgehead atoms. The van der Waals surface area contributed by atoms with Crippen LogP contribution in [0.1, 0.15) is 31.4 Å². The van der Waals surface area contributed by atoms with Gasteiger partial charge in [-0.3, -0.25) is 13.7 Å². The summed E-state index contributed by atoms with van der Waals surface area (Å²) in [7, 11) is 0. The van der Waals surface area contributed by atoms with Gasteiger partial charge in [-0.2, -0.15) is 0 Å². The molecule has 0 fully saturated rings. The molecule has 1 unspecified atom stereocenters. The molecule has 0 N–H and O–H groups in total. The number of para-hydroxylation sites is 8. The fourth-order valence-corrected chi connectivity index (χ4v) is 8.27. The minimum absolute atomic E-state index is 0.414. The van der Waals surface area contributed by atoms with E-state index in [-0.39, 0.29) is 0 Å². The van der Waals surface area contributed by atoms with Crippen molar-refractivity contribution >= 4 is 38.8 Å². The average molecular weight is 713 g/mol. The van der Waals surface area contributed by atoms with E-state index in [1.807, 2.05) is 0 Å². The SMILES string of the molecule is CC1=C(n2c(-c3cc(-c4nc5ccccc5n4-c4ccccc4C)cc(-c4nc5ccccc5n4-c4ccccc4C)c3)nc3ccccc32)CC(C)C=C1. The van der Waals surface area contributed by atoms with E-state index in [4.69, 9.17) is 15.0 Å². The number of rotatable bonds is 6. The Balaban J connectivity index is 1.32. The molecule has 0 spiro atoms. The summed E-state index contributed by atoms with van der Waals surface area (Å²) in [6.45, 7) is 8.83. The lowest BCUT2D eigenvalue weighted by molar-refractivity contribution is 0.721. The molecule has 1 atom stereocenters. The highest BCUT2D eigenvalue weighted by Crippen LogP contribution is 2.40. The smallest absolute Gasteiger partial charge is 0.145 e. The van der Waals surface area contributed by atoms with Crippen LogP contribution in [0.15, 0.2) is 157 Å². The zero-order valence-corrected chi connectivity index (χ0v) is 31.4. The number of allylic oxidation sites excluding steroid dienone is 4. The summed E-state index contributed by atoms with van der Waals surface area (Å²) in [6, 6.07) is 49.2. The van der Waals surface area contributed by atoms with Crippen LogP contribution in [0.5, 0.6) is 0 Å². The molecule has 6 aromatic carbocycles. The third-order valence-electron chi connectivity index (χ3n) is 11.0. The largest absolute Gasteiger partial charge is 0.296 e. The van der Waals surface area contributed by atoms with E-state index in [0.717, 1.165) is 85.1 Å². The number of imidazole rings is 3. The summed E-state index contributed by atoms with van der Waals surface area (Å²) < 4.78 is 7.00. The van der Waals surface area contributed by atoms with Gasteiger partial charge >= 0.3 is 0 Å². The molecule has 0 saturated heterocycles. The minimum Gasteiger partial charge on any atom is -0.296 e. The molecule has 1 aliphatic carbocycles. The third-order valence-corrected chi connectivity index (χ3v) is 11.0. The first-order valence-corrected chi connectivity index (χ1v) is 19.0. The summed E-state index contributed by atoms with van der Waals surface area (Å²) in [5, 5.41) is 0. The van der Waals surface area contributed by atoms with Crippen molar-refractivity contribution in [1.29, 1.82) is 0 Å². The van der Waals surface area contributed by atoms with Gasteiger partial charge in [-0.05, 0) is 117 Å². The van der Waals surface area contributed by atoms with Crippen molar-refractivity contribution in [2.45, 2.75) is 34.1 Å². The van der Waals surface area contributed by atoms with Crippen molar-refractivity contribution in [3.05, 3.63) is 168 Å². The van der Waals surface area contributed by atoms with E-state index >= 15 is 0 Å². The molecule has 0 amide bonds. The quantitative estimate of drug-likeness (QED) is 0.172. The lowest BCUT2D eigenvalue weighted by Crippen LogP contribution is -2.09. The monoisotopic (exact) mass is 712 g/mol. The zero-order chi connectivity index (χ0) is 37.2. The van der Waals surface area contributed by atoms with Crippen molar-refractivity contribution in [2.75, 3.05) is 0 Å². The number of nitrogens with zero attached hydrogens (tertiary/aromatic N) is 6. The molecule has 266 valence electrons. The van der Waals surface area contributed by atoms with Gasteiger partial charge in [0.1, 0.15) is 17.5 Å². The molecular weight excluding hydrogens is 673 g/mol. The van der Waals surface area contributed by atoms with Crippen LogP contribution in [0.3, 0.4) is 0 Å². The van der Waals surface area contributed by atoms with E-state index in [0.29, 0.717) is 5.92 Å². The van der Waals surface area contributed by atoms with Crippen LogP contribution in [0.4, 0.5) is 0 Å². The Hall–Kier alpha value is -6.79. The summed E-state index contributed by atoms with van der Waals surface area (Å²) in [5.74, 6) is 3.05. The van der Waals surface area contributed by atoms with Gasteiger partial charge in [0.25, 0.3) is 0 Å². The molecule has 10 rings (SSSR count). The molecule has 0 saturated carbocycles. The van der Waals surface area contributed by atoms with Gasteiger partial charge in [0.15, 0.2) is 0 Å². The fraction of sp³-hybridized carbons (Fsp3) is 0.122. The maximum absolute atomic E-state index is 5.41. The topological polar surface area (TPSA) is 53.5 Å².